The Morgan fingerprint density at radius 2 is 1.46 bits per heavy atom. The summed E-state index contributed by atoms with van der Waals surface area (Å²) in [6.07, 6.45) is 4.28. The van der Waals surface area contributed by atoms with Gasteiger partial charge >= 0.3 is 0 Å². The quantitative estimate of drug-likeness (QED) is 0.0857. The molecule has 2 saturated heterocycles. The number of ether oxygens (including phenoxy) is 3. The molecule has 14 nitrogen and oxygen atoms in total. The number of hydrogen-bond donors (Lipinski definition) is 3. The molecule has 14 heteroatoms. The van der Waals surface area contributed by atoms with Crippen molar-refractivity contribution in [3.8, 4) is 5.75 Å². The number of methoxy groups -OCH3 is 2. The van der Waals surface area contributed by atoms with E-state index in [1.807, 2.05) is 87.2 Å². The minimum atomic E-state index is -0.897. The van der Waals surface area contributed by atoms with Crippen LogP contribution in [0.2, 0.25) is 0 Å². The summed E-state index contributed by atoms with van der Waals surface area (Å²) in [6.45, 7) is 17.8. The fourth-order valence-corrected chi connectivity index (χ4v) is 9.83. The lowest BCUT2D eigenvalue weighted by atomic mass is 9.77. The summed E-state index contributed by atoms with van der Waals surface area (Å²) in [5.74, 6) is -0.737. The van der Waals surface area contributed by atoms with Gasteiger partial charge in [0.15, 0.2) is 5.78 Å². The third-order valence-corrected chi connectivity index (χ3v) is 14.0. The van der Waals surface area contributed by atoms with Gasteiger partial charge in [0.2, 0.25) is 17.7 Å². The van der Waals surface area contributed by atoms with Crippen LogP contribution < -0.4 is 20.7 Å². The van der Waals surface area contributed by atoms with Crippen molar-refractivity contribution < 1.29 is 43.0 Å². The number of nitrogens with zero attached hydrogens (tertiary/aromatic N) is 2. The molecule has 374 valence electrons. The van der Waals surface area contributed by atoms with E-state index in [9.17, 15) is 24.0 Å². The van der Waals surface area contributed by atoms with Crippen LogP contribution in [-0.4, -0.2) is 117 Å². The summed E-state index contributed by atoms with van der Waals surface area (Å²) in [5, 5.41) is 10.5. The number of likely N-dealkylation sites (tertiary alicyclic amines) is 1. The second-order valence-corrected chi connectivity index (χ2v) is 19.7. The molecule has 2 aliphatic heterocycles. The van der Waals surface area contributed by atoms with E-state index in [2.05, 4.69) is 36.7 Å². The maximum Gasteiger partial charge on any atom is 0.269 e. The van der Waals surface area contributed by atoms with Crippen LogP contribution in [0.15, 0.2) is 54.6 Å². The Hall–Kier alpha value is -4.37. The zero-order valence-electron chi connectivity index (χ0n) is 42.4. The second-order valence-electron chi connectivity index (χ2n) is 19.7. The summed E-state index contributed by atoms with van der Waals surface area (Å²) in [4.78, 5) is 77.1. The molecule has 3 N–H and O–H groups in total. The molecule has 4 amide bonds. The average Bonchev–Trinajstić information content (AvgIpc) is 3.81. The second kappa shape index (κ2) is 27.6. The minimum absolute atomic E-state index is 0.000468. The third kappa shape index (κ3) is 16.1. The van der Waals surface area contributed by atoms with Gasteiger partial charge in [0.25, 0.3) is 5.91 Å². The van der Waals surface area contributed by atoms with Gasteiger partial charge in [0.1, 0.15) is 18.4 Å². The Kier molecular flexibility index (Phi) is 22.7. The van der Waals surface area contributed by atoms with E-state index in [1.165, 1.54) is 5.06 Å². The van der Waals surface area contributed by atoms with Crippen molar-refractivity contribution in [2.45, 2.75) is 156 Å². The number of rotatable bonds is 27. The third-order valence-electron chi connectivity index (χ3n) is 14.0. The van der Waals surface area contributed by atoms with E-state index < -0.39 is 36.3 Å². The Labute approximate surface area is 401 Å². The number of hydrogen-bond acceptors (Lipinski definition) is 10. The van der Waals surface area contributed by atoms with Crippen LogP contribution >= 0.6 is 0 Å². The van der Waals surface area contributed by atoms with Crippen molar-refractivity contribution in [3.05, 3.63) is 65.7 Å². The van der Waals surface area contributed by atoms with Crippen LogP contribution in [0.5, 0.6) is 5.75 Å². The Morgan fingerprint density at radius 3 is 2.04 bits per heavy atom. The van der Waals surface area contributed by atoms with Gasteiger partial charge in [-0.05, 0) is 92.0 Å². The van der Waals surface area contributed by atoms with Gasteiger partial charge in [0.05, 0.1) is 49.3 Å². The van der Waals surface area contributed by atoms with Crippen LogP contribution in [0.1, 0.15) is 118 Å². The van der Waals surface area contributed by atoms with Crippen molar-refractivity contribution in [2.75, 3.05) is 41.0 Å². The first kappa shape index (κ1) is 55.2. The fourth-order valence-electron chi connectivity index (χ4n) is 9.83. The van der Waals surface area contributed by atoms with Gasteiger partial charge in [-0.15, -0.1) is 0 Å². The summed E-state index contributed by atoms with van der Waals surface area (Å²) in [7, 11) is 4.97. The highest BCUT2D eigenvalue weighted by atomic mass is 16.7. The SMILES string of the molecule is CCC(C)C(CC(C)CC(=O)C(NC(=O)C(NC)C(C)C)C(C)C)C(CC(=O)N1CCCC1C(OC)C(C)C(=O)NC(Cc1ccc(OCc2ccccc2)cc1)C(=O)N1CCCCO1)OC. The highest BCUT2D eigenvalue weighted by molar-refractivity contribution is 5.91. The predicted molar refractivity (Wildman–Crippen MR) is 261 cm³/mol. The monoisotopic (exact) mass is 934 g/mol. The lowest BCUT2D eigenvalue weighted by Crippen LogP contribution is -2.55. The van der Waals surface area contributed by atoms with Crippen LogP contribution in [0, 0.1) is 35.5 Å². The maximum absolute atomic E-state index is 14.4. The fraction of sp³-hybridized carbons (Fsp3) is 0.679. The van der Waals surface area contributed by atoms with Crippen LogP contribution in [0.4, 0.5) is 0 Å². The average molecular weight is 934 g/mol. The Balaban J connectivity index is 1.43. The molecule has 0 radical (unpaired) electrons. The number of hydroxylamine groups is 2. The maximum atomic E-state index is 14.4. The van der Waals surface area contributed by atoms with Crippen LogP contribution in [0.25, 0.3) is 0 Å². The molecule has 4 rings (SSSR count). The number of benzene rings is 2. The summed E-state index contributed by atoms with van der Waals surface area (Å²) in [6, 6.07) is 15.2. The first-order valence-electron chi connectivity index (χ1n) is 24.9. The van der Waals surface area contributed by atoms with Crippen molar-refractivity contribution >= 4 is 29.4 Å². The lowest BCUT2D eigenvalue weighted by molar-refractivity contribution is -0.199. The molecule has 0 aliphatic carbocycles. The lowest BCUT2D eigenvalue weighted by Gasteiger charge is -2.37. The molecular weight excluding hydrogens is 851 g/mol. The van der Waals surface area contributed by atoms with E-state index in [0.29, 0.717) is 51.3 Å². The molecule has 0 bridgehead atoms. The number of likely N-dealkylation sites (N-methyl/N-ethyl adjacent to an activating group) is 1. The number of carbonyl (C=O) groups excluding carboxylic acids is 5. The van der Waals surface area contributed by atoms with Crippen LogP contribution in [0.3, 0.4) is 0 Å². The minimum Gasteiger partial charge on any atom is -0.489 e. The van der Waals surface area contributed by atoms with Gasteiger partial charge < -0.3 is 35.1 Å². The van der Waals surface area contributed by atoms with E-state index in [0.717, 1.165) is 36.8 Å². The zero-order chi connectivity index (χ0) is 49.2. The summed E-state index contributed by atoms with van der Waals surface area (Å²) < 4.78 is 18.2. The smallest absolute Gasteiger partial charge is 0.269 e. The van der Waals surface area contributed by atoms with Gasteiger partial charge in [-0.25, -0.2) is 5.06 Å². The molecule has 0 spiro atoms. The molecule has 10 atom stereocenters. The Morgan fingerprint density at radius 1 is 0.776 bits per heavy atom. The van der Waals surface area contributed by atoms with Crippen molar-refractivity contribution in [1.82, 2.24) is 25.9 Å². The van der Waals surface area contributed by atoms with Gasteiger partial charge in [-0.2, -0.15) is 0 Å². The molecule has 0 saturated carbocycles. The summed E-state index contributed by atoms with van der Waals surface area (Å²) in [5.41, 5.74) is 1.91. The first-order chi connectivity index (χ1) is 32.0. The number of ketones is 1. The number of Topliss-reactive ketones (excluding diaryl/α,β-unsaturated/α-hetero) is 1. The number of nitrogens with one attached hydrogen (secondary N) is 3. The molecule has 2 fully saturated rings. The van der Waals surface area contributed by atoms with E-state index in [1.54, 1.807) is 28.2 Å². The summed E-state index contributed by atoms with van der Waals surface area (Å²) >= 11 is 0. The molecule has 2 heterocycles. The zero-order valence-corrected chi connectivity index (χ0v) is 42.4. The molecule has 10 unspecified atom stereocenters. The van der Waals surface area contributed by atoms with Crippen molar-refractivity contribution in [2.24, 2.45) is 35.5 Å². The molecule has 0 aromatic heterocycles. The van der Waals surface area contributed by atoms with E-state index >= 15 is 0 Å². The number of carbonyl (C=O) groups is 5. The van der Waals surface area contributed by atoms with Crippen LogP contribution in [-0.2, 0) is 51.3 Å². The standard InChI is InChI=1S/C53H83N5O9/c1-12-37(7)42(29-36(6)30-45(59)48(34(2)3)56-52(62)49(54-9)35(4)5)46(64-10)32-47(60)57-26-18-21-44(57)50(65-11)38(8)51(61)55-43(53(63)58-27-16-17-28-67-58)31-39-22-24-41(25-23-39)66-33-40-19-14-13-15-20-40/h13-15,19-20,22-25,34-38,42-44,46,48-50,54H,12,16-18,21,26-33H2,1-11H3,(H,55,61)(H,56,62). The molecule has 2 aromatic carbocycles. The molecule has 2 aliphatic rings. The van der Waals surface area contributed by atoms with Gasteiger partial charge in [-0.3, -0.25) is 28.8 Å². The molecule has 67 heavy (non-hydrogen) atoms. The Bertz CT molecular complexity index is 1840. The normalized spacial score (nSPS) is 19.4. The molecule has 2 aromatic rings. The predicted octanol–water partition coefficient (Wildman–Crippen LogP) is 6.93. The van der Waals surface area contributed by atoms with Crippen molar-refractivity contribution in [1.29, 1.82) is 0 Å². The largest absolute Gasteiger partial charge is 0.489 e. The van der Waals surface area contributed by atoms with Gasteiger partial charge in [0, 0.05) is 40.2 Å². The van der Waals surface area contributed by atoms with Gasteiger partial charge in [-0.1, -0.05) is 104 Å². The highest BCUT2D eigenvalue weighted by Crippen LogP contribution is 2.34. The first-order valence-corrected chi connectivity index (χ1v) is 24.9. The van der Waals surface area contributed by atoms with E-state index in [4.69, 9.17) is 19.0 Å². The van der Waals surface area contributed by atoms with E-state index in [-0.39, 0.29) is 77.9 Å². The topological polar surface area (TPSA) is 165 Å². The highest BCUT2D eigenvalue weighted by Gasteiger charge is 2.42. The number of amides is 4. The van der Waals surface area contributed by atoms with Crippen molar-refractivity contribution in [3.63, 3.8) is 0 Å². The molecular formula is C53H83N5O9.